The van der Waals surface area contributed by atoms with Crippen LogP contribution in [0.3, 0.4) is 0 Å². The van der Waals surface area contributed by atoms with E-state index in [0.29, 0.717) is 24.3 Å². The molecule has 0 rings (SSSR count). The van der Waals surface area contributed by atoms with E-state index < -0.39 is 12.0 Å². The van der Waals surface area contributed by atoms with Crippen molar-refractivity contribution >= 4 is 36.3 Å². The first-order valence-electron chi connectivity index (χ1n) is 9.11. The van der Waals surface area contributed by atoms with Crippen LogP contribution in [0.2, 0.25) is 0 Å². The topological polar surface area (TPSA) is 92.4 Å². The van der Waals surface area contributed by atoms with E-state index in [0.717, 1.165) is 0 Å². The molecule has 27 heavy (non-hydrogen) atoms. The van der Waals surface area contributed by atoms with Crippen LogP contribution in [0.15, 0.2) is 24.3 Å². The van der Waals surface area contributed by atoms with Crippen molar-refractivity contribution in [1.82, 2.24) is 5.32 Å². The number of nitrogens with one attached hydrogen (secondary N) is 1. The summed E-state index contributed by atoms with van der Waals surface area (Å²) in [4.78, 5) is 22.6. The van der Waals surface area contributed by atoms with Crippen molar-refractivity contribution in [3.8, 4) is 0 Å². The zero-order chi connectivity index (χ0) is 20.8. The van der Waals surface area contributed by atoms with E-state index in [1.807, 2.05) is 38.3 Å². The Bertz CT molecular complexity index is 389. The molecule has 0 aromatic carbocycles. The number of carbonyl (C=O) groups excluding carboxylic acids is 1. The lowest BCUT2D eigenvalue weighted by Crippen LogP contribution is -2.40. The Balaban J connectivity index is -0.000000398. The third kappa shape index (κ3) is 27.4. The second kappa shape index (κ2) is 27.3. The van der Waals surface area contributed by atoms with Gasteiger partial charge in [0.15, 0.2) is 0 Å². The molecule has 7 heteroatoms. The number of rotatable bonds is 11. The Morgan fingerprint density at radius 3 is 2.22 bits per heavy atom. The van der Waals surface area contributed by atoms with E-state index in [-0.39, 0.29) is 25.8 Å². The Morgan fingerprint density at radius 1 is 1.22 bits per heavy atom. The molecule has 4 N–H and O–H groups in total. The number of hydrogen-bond acceptors (Lipinski definition) is 5. The van der Waals surface area contributed by atoms with Gasteiger partial charge in [0.1, 0.15) is 6.04 Å². The highest BCUT2D eigenvalue weighted by atomic mass is 32.2. The van der Waals surface area contributed by atoms with E-state index in [4.69, 9.17) is 10.8 Å². The monoisotopic (exact) mass is 422 g/mol. The van der Waals surface area contributed by atoms with E-state index >= 15 is 0 Å². The smallest absolute Gasteiger partial charge is 0.326 e. The predicted molar refractivity (Wildman–Crippen MR) is 126 cm³/mol. The van der Waals surface area contributed by atoms with Crippen molar-refractivity contribution in [3.05, 3.63) is 24.3 Å². The minimum atomic E-state index is -0.995. The highest BCUT2D eigenvalue weighted by Crippen LogP contribution is 2.02. The van der Waals surface area contributed by atoms with Gasteiger partial charge in [-0.25, -0.2) is 4.79 Å². The van der Waals surface area contributed by atoms with Crippen molar-refractivity contribution < 1.29 is 14.7 Å². The zero-order valence-electron chi connectivity index (χ0n) is 16.9. The third-order valence-corrected chi connectivity index (χ3v) is 3.65. The van der Waals surface area contributed by atoms with Gasteiger partial charge in [0.25, 0.3) is 0 Å². The van der Waals surface area contributed by atoms with Crippen LogP contribution in [-0.2, 0) is 9.59 Å². The molecule has 0 heterocycles. The zero-order valence-corrected chi connectivity index (χ0v) is 18.6. The maximum absolute atomic E-state index is 11.6. The molecule has 0 aliphatic heterocycles. The predicted octanol–water partition coefficient (Wildman–Crippen LogP) is 4.54. The van der Waals surface area contributed by atoms with Gasteiger partial charge in [-0.2, -0.15) is 24.4 Å². The van der Waals surface area contributed by atoms with Crippen molar-refractivity contribution in [2.45, 2.75) is 72.9 Å². The van der Waals surface area contributed by atoms with E-state index in [1.54, 1.807) is 17.8 Å². The number of allylic oxidation sites excluding steroid dienone is 2. The Hall–Kier alpha value is -0.920. The summed E-state index contributed by atoms with van der Waals surface area (Å²) in [6, 6.07) is -0.871. The quantitative estimate of drug-likeness (QED) is 0.290. The molecule has 0 saturated carbocycles. The molecular weight excluding hydrogens is 380 g/mol. The highest BCUT2D eigenvalue weighted by Gasteiger charge is 2.18. The average molecular weight is 423 g/mol. The second-order valence-electron chi connectivity index (χ2n) is 5.13. The molecule has 162 valence electrons. The minimum Gasteiger partial charge on any atom is -0.480 e. The van der Waals surface area contributed by atoms with Crippen LogP contribution in [0.25, 0.3) is 0 Å². The maximum Gasteiger partial charge on any atom is 0.326 e. The van der Waals surface area contributed by atoms with Crippen LogP contribution in [0.1, 0.15) is 60.8 Å². The van der Waals surface area contributed by atoms with Crippen LogP contribution in [0.4, 0.5) is 0 Å². The summed E-state index contributed by atoms with van der Waals surface area (Å²) >= 11 is 5.62. The summed E-state index contributed by atoms with van der Waals surface area (Å²) in [7, 11) is 0. The summed E-state index contributed by atoms with van der Waals surface area (Å²) in [5, 5.41) is 11.5. The standard InChI is InChI=1S/C14H24N2O3S2.C3H8.C2H6.CH4/c1-21-9-8-12(14(18)19)16-13(17)7-5-3-2-4-6-11(15)10-20;1-3-2;1-2;/h3-6,11-12,20H,2,7-10,15H2,1H3,(H,16,17)(H,18,19);3H2,1-2H3;1-2H3;1H4/b5-3-,6-4+;;;. The van der Waals surface area contributed by atoms with Gasteiger partial charge in [-0.05, 0) is 24.9 Å². The van der Waals surface area contributed by atoms with Gasteiger partial charge < -0.3 is 16.2 Å². The SMILES string of the molecule is C.CC.CCC.CSCCC(NC(=O)C/C=C\C/C=C/C(N)CS)C(=O)O. The third-order valence-electron chi connectivity index (χ3n) is 2.58. The van der Waals surface area contributed by atoms with Crippen LogP contribution in [0, 0.1) is 0 Å². The first kappa shape index (κ1) is 33.6. The summed E-state index contributed by atoms with van der Waals surface area (Å²) in [5.41, 5.74) is 5.65. The summed E-state index contributed by atoms with van der Waals surface area (Å²) < 4.78 is 0. The fourth-order valence-corrected chi connectivity index (χ4v) is 2.02. The number of thiol groups is 1. The number of carboxylic acids is 1. The van der Waals surface area contributed by atoms with Gasteiger partial charge in [0.2, 0.25) is 5.91 Å². The molecule has 0 aromatic rings. The molecule has 2 unspecified atom stereocenters. The number of thioether (sulfide) groups is 1. The molecule has 0 bridgehead atoms. The molecular formula is C20H42N2O3S2. The molecule has 2 atom stereocenters. The second-order valence-corrected chi connectivity index (χ2v) is 6.48. The van der Waals surface area contributed by atoms with Crippen LogP contribution in [0.5, 0.6) is 0 Å². The summed E-state index contributed by atoms with van der Waals surface area (Å²) in [6.07, 6.45) is 11.8. The lowest BCUT2D eigenvalue weighted by Gasteiger charge is -2.12. The molecule has 1 amide bonds. The van der Waals surface area contributed by atoms with Gasteiger partial charge in [0, 0.05) is 18.2 Å². The van der Waals surface area contributed by atoms with Gasteiger partial charge in [-0.3, -0.25) is 4.79 Å². The van der Waals surface area contributed by atoms with Gasteiger partial charge in [-0.15, -0.1) is 0 Å². The highest BCUT2D eigenvalue weighted by molar-refractivity contribution is 7.98. The van der Waals surface area contributed by atoms with Crippen molar-refractivity contribution in [2.75, 3.05) is 17.8 Å². The van der Waals surface area contributed by atoms with Gasteiger partial charge >= 0.3 is 5.97 Å². The van der Waals surface area contributed by atoms with Gasteiger partial charge in [-0.1, -0.05) is 65.8 Å². The molecule has 0 aliphatic carbocycles. The number of aliphatic carboxylic acids is 1. The molecule has 0 radical (unpaired) electrons. The van der Waals surface area contributed by atoms with E-state index in [1.165, 1.54) is 6.42 Å². The Labute approximate surface area is 177 Å². The molecule has 0 fully saturated rings. The van der Waals surface area contributed by atoms with Crippen molar-refractivity contribution in [1.29, 1.82) is 0 Å². The lowest BCUT2D eigenvalue weighted by molar-refractivity contribution is -0.141. The Kier molecular flexibility index (Phi) is 34.0. The number of nitrogens with two attached hydrogens (primary N) is 1. The minimum absolute atomic E-state index is 0. The van der Waals surface area contributed by atoms with E-state index in [9.17, 15) is 9.59 Å². The normalized spacial score (nSPS) is 12.1. The fraction of sp³-hybridized carbons (Fsp3) is 0.700. The van der Waals surface area contributed by atoms with Crippen LogP contribution < -0.4 is 11.1 Å². The molecule has 0 aliphatic rings. The number of hydrogen-bond donors (Lipinski definition) is 4. The molecule has 0 aromatic heterocycles. The average Bonchev–Trinajstić information content (AvgIpc) is 2.63. The first-order valence-corrected chi connectivity index (χ1v) is 11.1. The summed E-state index contributed by atoms with van der Waals surface area (Å²) in [5.74, 6) is 0.0132. The molecule has 0 saturated heterocycles. The molecule has 0 spiro atoms. The lowest BCUT2D eigenvalue weighted by atomic mass is 10.2. The number of carboxylic acid groups (broad SMARTS) is 1. The number of amides is 1. The van der Waals surface area contributed by atoms with Crippen LogP contribution >= 0.6 is 24.4 Å². The Morgan fingerprint density at radius 2 is 1.78 bits per heavy atom. The van der Waals surface area contributed by atoms with Crippen molar-refractivity contribution in [2.24, 2.45) is 5.73 Å². The molecule has 5 nitrogen and oxygen atoms in total. The van der Waals surface area contributed by atoms with Crippen molar-refractivity contribution in [3.63, 3.8) is 0 Å². The first-order chi connectivity index (χ1) is 12.4. The van der Waals surface area contributed by atoms with Crippen LogP contribution in [-0.4, -0.2) is 46.8 Å². The fourth-order valence-electron chi connectivity index (χ4n) is 1.43. The summed E-state index contributed by atoms with van der Waals surface area (Å²) in [6.45, 7) is 8.25. The van der Waals surface area contributed by atoms with E-state index in [2.05, 4.69) is 31.8 Å². The van der Waals surface area contributed by atoms with Gasteiger partial charge in [0.05, 0.1) is 0 Å². The largest absolute Gasteiger partial charge is 0.480 e. The maximum atomic E-state index is 11.6. The number of carbonyl (C=O) groups is 2.